The van der Waals surface area contributed by atoms with Gasteiger partial charge in [-0.05, 0) is 6.54 Å². The third kappa shape index (κ3) is 3.53. The molecule has 0 spiro atoms. The van der Waals surface area contributed by atoms with Gasteiger partial charge in [0.1, 0.15) is 0 Å². The average molecular weight is 198 g/mol. The van der Waals surface area contributed by atoms with E-state index in [2.05, 4.69) is 20.8 Å². The quantitative estimate of drug-likeness (QED) is 0.673. The summed E-state index contributed by atoms with van der Waals surface area (Å²) in [6.45, 7) is 5.04. The summed E-state index contributed by atoms with van der Waals surface area (Å²) in [6.07, 6.45) is 0. The van der Waals surface area contributed by atoms with Crippen molar-refractivity contribution in [3.8, 4) is 0 Å². The highest BCUT2D eigenvalue weighted by Gasteiger charge is 2.04. The second kappa shape index (κ2) is 5.33. The second-order valence-electron chi connectivity index (χ2n) is 2.79. The molecule has 0 bridgehead atoms. The highest BCUT2D eigenvalue weighted by atomic mass is 16.5. The lowest BCUT2D eigenvalue weighted by molar-refractivity contribution is -0.120. The minimum absolute atomic E-state index is 0.0747. The van der Waals surface area contributed by atoms with Crippen molar-refractivity contribution in [2.45, 2.75) is 20.4 Å². The van der Waals surface area contributed by atoms with Crippen LogP contribution in [0.25, 0.3) is 0 Å². The molecule has 78 valence electrons. The number of carbonyl (C=O) groups is 1. The van der Waals surface area contributed by atoms with Crippen LogP contribution in [0.5, 0.6) is 0 Å². The Labute approximate surface area is 82.1 Å². The van der Waals surface area contributed by atoms with Gasteiger partial charge in [-0.2, -0.15) is 4.98 Å². The fourth-order valence-corrected chi connectivity index (χ4v) is 0.892. The van der Waals surface area contributed by atoms with Crippen LogP contribution in [-0.2, 0) is 11.3 Å². The molecule has 0 aliphatic carbocycles. The van der Waals surface area contributed by atoms with E-state index in [0.717, 1.165) is 6.54 Å². The maximum atomic E-state index is 11.1. The molecular formula is C8H14N4O2. The van der Waals surface area contributed by atoms with Gasteiger partial charge in [-0.1, -0.05) is 12.1 Å². The number of nitrogens with zero attached hydrogens (tertiary/aromatic N) is 2. The predicted octanol–water partition coefficient (Wildman–Crippen LogP) is -0.396. The Morgan fingerprint density at radius 3 is 2.93 bits per heavy atom. The van der Waals surface area contributed by atoms with Crippen LogP contribution in [0.4, 0.5) is 0 Å². The molecule has 0 aliphatic heterocycles. The maximum Gasteiger partial charge on any atom is 0.234 e. The van der Waals surface area contributed by atoms with E-state index >= 15 is 0 Å². The Morgan fingerprint density at radius 2 is 2.36 bits per heavy atom. The number of aromatic nitrogens is 2. The Kier molecular flexibility index (Phi) is 4.06. The molecule has 0 unspecified atom stereocenters. The first-order valence-corrected chi connectivity index (χ1v) is 4.49. The van der Waals surface area contributed by atoms with Crippen LogP contribution >= 0.6 is 0 Å². The molecular weight excluding hydrogens is 184 g/mol. The third-order valence-corrected chi connectivity index (χ3v) is 1.55. The fraction of sp³-hybridized carbons (Fsp3) is 0.625. The lowest BCUT2D eigenvalue weighted by atomic mass is 10.5. The van der Waals surface area contributed by atoms with E-state index in [1.54, 1.807) is 6.92 Å². The van der Waals surface area contributed by atoms with Crippen LogP contribution < -0.4 is 10.6 Å². The summed E-state index contributed by atoms with van der Waals surface area (Å²) in [5.41, 5.74) is 0. The Hall–Kier alpha value is -1.43. The minimum atomic E-state index is -0.0747. The molecule has 1 aromatic heterocycles. The van der Waals surface area contributed by atoms with Gasteiger partial charge in [-0.15, -0.1) is 0 Å². The van der Waals surface area contributed by atoms with Crippen molar-refractivity contribution >= 4 is 5.91 Å². The predicted molar refractivity (Wildman–Crippen MR) is 49.4 cm³/mol. The number of amides is 1. The molecule has 0 saturated carbocycles. The molecule has 2 N–H and O–H groups in total. The number of carbonyl (C=O) groups excluding carboxylic acids is 1. The van der Waals surface area contributed by atoms with Gasteiger partial charge >= 0.3 is 0 Å². The fourth-order valence-electron chi connectivity index (χ4n) is 0.892. The molecule has 0 radical (unpaired) electrons. The molecule has 1 heterocycles. The van der Waals surface area contributed by atoms with Crippen LogP contribution in [0.2, 0.25) is 0 Å². The molecule has 0 aliphatic rings. The van der Waals surface area contributed by atoms with Gasteiger partial charge in [-0.3, -0.25) is 4.79 Å². The molecule has 1 rings (SSSR count). The maximum absolute atomic E-state index is 11.1. The van der Waals surface area contributed by atoms with Crippen LogP contribution in [0, 0.1) is 6.92 Å². The van der Waals surface area contributed by atoms with Gasteiger partial charge < -0.3 is 15.2 Å². The van der Waals surface area contributed by atoms with Gasteiger partial charge in [0, 0.05) is 6.92 Å². The second-order valence-corrected chi connectivity index (χ2v) is 2.79. The molecule has 1 aromatic rings. The summed E-state index contributed by atoms with van der Waals surface area (Å²) in [6, 6.07) is 0. The van der Waals surface area contributed by atoms with Crippen molar-refractivity contribution in [3.05, 3.63) is 11.7 Å². The lowest BCUT2D eigenvalue weighted by Crippen LogP contribution is -2.33. The molecule has 1 amide bonds. The van der Waals surface area contributed by atoms with Crippen molar-refractivity contribution in [3.63, 3.8) is 0 Å². The van der Waals surface area contributed by atoms with E-state index in [0.29, 0.717) is 24.8 Å². The number of nitrogens with one attached hydrogen (secondary N) is 2. The zero-order valence-corrected chi connectivity index (χ0v) is 8.33. The summed E-state index contributed by atoms with van der Waals surface area (Å²) in [5.74, 6) is 0.919. The monoisotopic (exact) mass is 198 g/mol. The van der Waals surface area contributed by atoms with E-state index in [4.69, 9.17) is 4.52 Å². The SMILES string of the molecule is CCNCC(=O)NCc1noc(C)n1. The normalized spacial score (nSPS) is 10.1. The van der Waals surface area contributed by atoms with E-state index in [9.17, 15) is 4.79 Å². The Bertz CT molecular complexity index is 297. The summed E-state index contributed by atoms with van der Waals surface area (Å²) >= 11 is 0. The molecule has 14 heavy (non-hydrogen) atoms. The summed E-state index contributed by atoms with van der Waals surface area (Å²) in [4.78, 5) is 15.1. The van der Waals surface area contributed by atoms with Crippen molar-refractivity contribution < 1.29 is 9.32 Å². The topological polar surface area (TPSA) is 80.0 Å². The minimum Gasteiger partial charge on any atom is -0.348 e. The zero-order valence-electron chi connectivity index (χ0n) is 8.33. The molecule has 0 atom stereocenters. The lowest BCUT2D eigenvalue weighted by Gasteiger charge is -2.01. The van der Waals surface area contributed by atoms with E-state index in [1.165, 1.54) is 0 Å². The van der Waals surface area contributed by atoms with Crippen LogP contribution in [0.15, 0.2) is 4.52 Å². The molecule has 0 fully saturated rings. The van der Waals surface area contributed by atoms with Gasteiger partial charge in [0.2, 0.25) is 11.8 Å². The number of rotatable bonds is 5. The van der Waals surface area contributed by atoms with Gasteiger partial charge in [0.15, 0.2) is 5.82 Å². The Morgan fingerprint density at radius 1 is 1.57 bits per heavy atom. The van der Waals surface area contributed by atoms with Crippen LogP contribution in [-0.4, -0.2) is 29.1 Å². The number of aryl methyl sites for hydroxylation is 1. The molecule has 6 nitrogen and oxygen atoms in total. The number of hydrogen-bond acceptors (Lipinski definition) is 5. The first kappa shape index (κ1) is 10.6. The summed E-state index contributed by atoms with van der Waals surface area (Å²) in [7, 11) is 0. The molecule has 0 aromatic carbocycles. The van der Waals surface area contributed by atoms with Gasteiger partial charge in [-0.25, -0.2) is 0 Å². The summed E-state index contributed by atoms with van der Waals surface area (Å²) < 4.78 is 4.75. The molecule has 6 heteroatoms. The highest BCUT2D eigenvalue weighted by Crippen LogP contribution is 1.93. The largest absolute Gasteiger partial charge is 0.348 e. The van der Waals surface area contributed by atoms with Crippen molar-refractivity contribution in [1.29, 1.82) is 0 Å². The van der Waals surface area contributed by atoms with Crippen LogP contribution in [0.3, 0.4) is 0 Å². The first-order chi connectivity index (χ1) is 6.72. The third-order valence-electron chi connectivity index (χ3n) is 1.55. The molecule has 0 saturated heterocycles. The van der Waals surface area contributed by atoms with Crippen molar-refractivity contribution in [1.82, 2.24) is 20.8 Å². The van der Waals surface area contributed by atoms with Gasteiger partial charge in [0.05, 0.1) is 13.1 Å². The van der Waals surface area contributed by atoms with E-state index < -0.39 is 0 Å². The number of hydrogen-bond donors (Lipinski definition) is 2. The average Bonchev–Trinajstić information content (AvgIpc) is 2.58. The first-order valence-electron chi connectivity index (χ1n) is 4.49. The standard InChI is InChI=1S/C8H14N4O2/c1-3-9-5-8(13)10-4-7-11-6(2)14-12-7/h9H,3-5H2,1-2H3,(H,10,13). The van der Waals surface area contributed by atoms with Crippen LogP contribution in [0.1, 0.15) is 18.6 Å². The van der Waals surface area contributed by atoms with Crippen molar-refractivity contribution in [2.75, 3.05) is 13.1 Å². The summed E-state index contributed by atoms with van der Waals surface area (Å²) in [5, 5.41) is 9.22. The zero-order chi connectivity index (χ0) is 10.4. The smallest absolute Gasteiger partial charge is 0.234 e. The Balaban J connectivity index is 2.23. The highest BCUT2D eigenvalue weighted by molar-refractivity contribution is 5.77. The number of likely N-dealkylation sites (N-methyl/N-ethyl adjacent to an activating group) is 1. The van der Waals surface area contributed by atoms with Crippen molar-refractivity contribution in [2.24, 2.45) is 0 Å². The van der Waals surface area contributed by atoms with E-state index in [-0.39, 0.29) is 5.91 Å². The van der Waals surface area contributed by atoms with E-state index in [1.807, 2.05) is 6.92 Å². The van der Waals surface area contributed by atoms with Gasteiger partial charge in [0.25, 0.3) is 0 Å².